The molecule has 2 aromatic carbocycles. The molecule has 12 aromatic rings. The van der Waals surface area contributed by atoms with Crippen molar-refractivity contribution in [3.63, 3.8) is 0 Å². The van der Waals surface area contributed by atoms with Crippen molar-refractivity contribution in [2.75, 3.05) is 0 Å². The highest BCUT2D eigenvalue weighted by Gasteiger charge is 2.42. The van der Waals surface area contributed by atoms with E-state index in [1.165, 1.54) is 74.4 Å². The van der Waals surface area contributed by atoms with Crippen molar-refractivity contribution in [2.45, 2.75) is 0 Å². The average molecular weight is 981 g/mol. The molecule has 0 atom stereocenters. The van der Waals surface area contributed by atoms with E-state index < -0.39 is 47.6 Å². The zero-order valence-corrected chi connectivity index (χ0v) is 35.5. The molecule has 1 aliphatic carbocycles. The van der Waals surface area contributed by atoms with Crippen molar-refractivity contribution in [2.24, 2.45) is 0 Å². The van der Waals surface area contributed by atoms with E-state index in [4.69, 9.17) is 19.9 Å². The van der Waals surface area contributed by atoms with Crippen molar-refractivity contribution in [3.05, 3.63) is 170 Å². The van der Waals surface area contributed by atoms with Gasteiger partial charge in [-0.15, -0.1) is 40.8 Å². The van der Waals surface area contributed by atoms with E-state index in [-0.39, 0.29) is 90.5 Å². The van der Waals surface area contributed by atoms with Crippen LogP contribution in [0.3, 0.4) is 0 Å². The van der Waals surface area contributed by atoms with Gasteiger partial charge in [-0.25, -0.2) is 37.5 Å². The molecule has 1 aliphatic rings. The van der Waals surface area contributed by atoms with E-state index in [1.54, 1.807) is 0 Å². The lowest BCUT2D eigenvalue weighted by atomic mass is 9.83. The van der Waals surface area contributed by atoms with Crippen LogP contribution in [0.25, 0.3) is 90.5 Å². The molecule has 10 heterocycles. The quantitative estimate of drug-likeness (QED) is 0.144. The minimum absolute atomic E-state index is 0.115. The monoisotopic (exact) mass is 980 g/mol. The van der Waals surface area contributed by atoms with Crippen LogP contribution < -0.4 is 0 Å². The van der Waals surface area contributed by atoms with Gasteiger partial charge in [0.25, 0.3) is 0 Å². The highest BCUT2D eigenvalue weighted by atomic mass is 19.2. The average Bonchev–Trinajstić information content (AvgIpc) is 4.23. The lowest BCUT2D eigenvalue weighted by molar-refractivity contribution is 0.554. The Morgan fingerprint density at radius 1 is 0.222 bits per heavy atom. The maximum absolute atomic E-state index is 15.5. The Morgan fingerprint density at radius 2 is 0.375 bits per heavy atom. The van der Waals surface area contributed by atoms with Crippen LogP contribution in [0.15, 0.2) is 123 Å². The van der Waals surface area contributed by atoms with E-state index in [0.29, 0.717) is 0 Å². The molecule has 352 valence electrons. The highest BCUT2D eigenvalue weighted by molar-refractivity contribution is 6.11. The minimum Gasteiger partial charge on any atom is -0.252 e. The number of hydrogen-bond donors (Lipinski definition) is 0. The Balaban J connectivity index is 1.35. The van der Waals surface area contributed by atoms with Crippen LogP contribution in [0.2, 0.25) is 0 Å². The van der Waals surface area contributed by atoms with Crippen LogP contribution >= 0.6 is 0 Å². The lowest BCUT2D eigenvalue weighted by Gasteiger charge is -2.31. The van der Waals surface area contributed by atoms with E-state index >= 15 is 35.1 Å². The molecule has 13 rings (SSSR count). The summed E-state index contributed by atoms with van der Waals surface area (Å²) in [6.45, 7) is 0. The van der Waals surface area contributed by atoms with Crippen LogP contribution in [0.4, 0.5) is 35.1 Å². The maximum atomic E-state index is 15.5. The number of benzene rings is 2. The second kappa shape index (κ2) is 15.6. The second-order valence-electron chi connectivity index (χ2n) is 15.5. The number of hydrogen-bond acceptors (Lipinski definition) is 12. The summed E-state index contributed by atoms with van der Waals surface area (Å²) in [5.74, 6) is -8.10. The molecule has 0 aliphatic heterocycles. The summed E-state index contributed by atoms with van der Waals surface area (Å²) in [6.07, 6.45) is 14.7. The second-order valence-corrected chi connectivity index (χ2v) is 15.5. The molecular formula is C44H20F8N20. The maximum Gasteiger partial charge on any atom is 0.233 e. The first kappa shape index (κ1) is 41.9. The fraction of sp³-hybridized carbons (Fsp3) is 0. The fourth-order valence-corrected chi connectivity index (χ4v) is 8.90. The molecule has 0 unspecified atom stereocenters. The molecule has 0 N–H and O–H groups in total. The van der Waals surface area contributed by atoms with Gasteiger partial charge < -0.3 is 0 Å². The SMILES string of the molecule is Fc1ccn(-c2c3c(c(-n4ccc(F)n4)c(-n4ccc(F)n4)c2-n2ccc(F)n2)-c2nccnc2-c2c(c(-n4ccc(F)n4)c(-n4ccc(F)n4)c(-n4ccc(F)n4)c2-n2ccc(F)n2)-c2nccnc2-3)n1. The molecule has 0 spiro atoms. The minimum atomic E-state index is -1.01. The fourth-order valence-electron chi connectivity index (χ4n) is 8.90. The molecule has 0 bridgehead atoms. The highest BCUT2D eigenvalue weighted by Crippen LogP contribution is 2.56. The van der Waals surface area contributed by atoms with Gasteiger partial charge in [0.2, 0.25) is 47.6 Å². The molecule has 10 aromatic heterocycles. The van der Waals surface area contributed by atoms with Gasteiger partial charge in [-0.05, 0) is 0 Å². The molecule has 28 heteroatoms. The van der Waals surface area contributed by atoms with E-state index in [9.17, 15) is 0 Å². The molecule has 0 fully saturated rings. The topological polar surface area (TPSA) is 194 Å². The van der Waals surface area contributed by atoms with Crippen LogP contribution in [-0.4, -0.2) is 98.2 Å². The third-order valence-corrected chi connectivity index (χ3v) is 11.4. The summed E-state index contributed by atoms with van der Waals surface area (Å²) in [7, 11) is 0. The molecule has 0 amide bonds. The number of rotatable bonds is 8. The van der Waals surface area contributed by atoms with Crippen LogP contribution in [-0.2, 0) is 0 Å². The Bertz CT molecular complexity index is 3630. The van der Waals surface area contributed by atoms with Gasteiger partial charge in [-0.2, -0.15) is 35.1 Å². The van der Waals surface area contributed by atoms with E-state index in [0.717, 1.165) is 86.0 Å². The Hall–Kier alpha value is -10.3. The van der Waals surface area contributed by atoms with E-state index in [2.05, 4.69) is 40.8 Å². The van der Waals surface area contributed by atoms with Gasteiger partial charge in [0.15, 0.2) is 0 Å². The van der Waals surface area contributed by atoms with Gasteiger partial charge in [0.1, 0.15) is 45.5 Å². The predicted octanol–water partition coefficient (Wildman–Crippen LogP) is 6.85. The van der Waals surface area contributed by atoms with Crippen molar-refractivity contribution in [3.8, 4) is 90.5 Å². The Kier molecular flexibility index (Phi) is 9.09. The first-order chi connectivity index (χ1) is 35.0. The number of aromatic nitrogens is 20. The van der Waals surface area contributed by atoms with Gasteiger partial charge in [0, 0.05) is 145 Å². The summed E-state index contributed by atoms with van der Waals surface area (Å²) < 4.78 is 132. The normalized spacial score (nSPS) is 11.9. The summed E-state index contributed by atoms with van der Waals surface area (Å²) in [5, 5.41) is 32.8. The van der Waals surface area contributed by atoms with Gasteiger partial charge in [-0.3, -0.25) is 19.9 Å². The third kappa shape index (κ3) is 6.38. The van der Waals surface area contributed by atoms with Gasteiger partial charge >= 0.3 is 0 Å². The molecule has 0 radical (unpaired) electrons. The largest absolute Gasteiger partial charge is 0.252 e. The van der Waals surface area contributed by atoms with Crippen LogP contribution in [0, 0.1) is 47.6 Å². The third-order valence-electron chi connectivity index (χ3n) is 11.4. The summed E-state index contributed by atoms with van der Waals surface area (Å²) in [6, 6.07) is 7.98. The first-order valence-electron chi connectivity index (χ1n) is 20.8. The Morgan fingerprint density at radius 3 is 0.514 bits per heavy atom. The summed E-state index contributed by atoms with van der Waals surface area (Å²) >= 11 is 0. The molecule has 0 saturated heterocycles. The Labute approximate surface area is 393 Å². The first-order valence-corrected chi connectivity index (χ1v) is 20.8. The molecule has 72 heavy (non-hydrogen) atoms. The van der Waals surface area contributed by atoms with Crippen LogP contribution in [0.1, 0.15) is 0 Å². The smallest absolute Gasteiger partial charge is 0.233 e. The summed E-state index contributed by atoms with van der Waals surface area (Å²) in [4.78, 5) is 19.5. The molecule has 0 saturated carbocycles. The lowest BCUT2D eigenvalue weighted by Crippen LogP contribution is -2.21. The van der Waals surface area contributed by atoms with Crippen LogP contribution in [0.5, 0.6) is 0 Å². The number of halogens is 8. The standard InChI is InChI=1S/C44H20F8N20/c45-21-1-13-65(57-21)37-29-30(38(66-14-2-22(46)58-66)42(70-18-6-26(50)62-70)41(37)69-17-5-25(49)61-69)34-36(56-12-11-54-34)32-31(35-33(29)53-9-10-55-35)39(67-15-3-23(47)59-67)43(71-19-7-27(51)63-71)44(72-20-8-28(52)64-72)40(32)68-16-4-24(48)60-68/h1-20H. The van der Waals surface area contributed by atoms with Crippen molar-refractivity contribution < 1.29 is 35.1 Å². The zero-order valence-electron chi connectivity index (χ0n) is 35.5. The van der Waals surface area contributed by atoms with E-state index in [1.807, 2.05) is 0 Å². The molecular weight excluding hydrogens is 961 g/mol. The molecule has 20 nitrogen and oxygen atoms in total. The number of nitrogens with zero attached hydrogens (tertiary/aromatic N) is 20. The summed E-state index contributed by atoms with van der Waals surface area (Å²) in [5.41, 5.74) is -2.84. The van der Waals surface area contributed by atoms with Crippen molar-refractivity contribution >= 4 is 0 Å². The zero-order chi connectivity index (χ0) is 49.1. The van der Waals surface area contributed by atoms with Gasteiger partial charge in [0.05, 0.1) is 22.8 Å². The number of fused-ring (bicyclic) bond motifs is 8. The van der Waals surface area contributed by atoms with Gasteiger partial charge in [-0.1, -0.05) is 0 Å². The van der Waals surface area contributed by atoms with Crippen molar-refractivity contribution in [1.29, 1.82) is 0 Å². The van der Waals surface area contributed by atoms with Crippen molar-refractivity contribution in [1.82, 2.24) is 98.2 Å². The predicted molar refractivity (Wildman–Crippen MR) is 230 cm³/mol.